The lowest BCUT2D eigenvalue weighted by Gasteiger charge is -2.05. The molecule has 0 aliphatic carbocycles. The number of benzene rings is 1. The second kappa shape index (κ2) is 4.91. The fourth-order valence-corrected chi connectivity index (χ4v) is 2.79. The highest BCUT2D eigenvalue weighted by Crippen LogP contribution is 2.23. The zero-order valence-electron chi connectivity index (χ0n) is 9.37. The zero-order valence-corrected chi connectivity index (χ0v) is 10.9. The highest BCUT2D eigenvalue weighted by molar-refractivity contribution is 7.91. The van der Waals surface area contributed by atoms with Crippen LogP contribution in [0.4, 0.5) is 0 Å². The summed E-state index contributed by atoms with van der Waals surface area (Å²) in [6.07, 6.45) is 1.11. The number of halogens is 1. The second-order valence-corrected chi connectivity index (χ2v) is 5.65. The number of nitrogens with zero attached hydrogens (tertiary/aromatic N) is 2. The quantitative estimate of drug-likeness (QED) is 0.806. The summed E-state index contributed by atoms with van der Waals surface area (Å²) in [4.78, 5) is 7.46. The smallest absolute Gasteiger partial charge is 0.224 e. The number of sulfone groups is 1. The van der Waals surface area contributed by atoms with E-state index in [9.17, 15) is 8.42 Å². The van der Waals surface area contributed by atoms with E-state index < -0.39 is 9.84 Å². The van der Waals surface area contributed by atoms with Crippen LogP contribution in [0.3, 0.4) is 0 Å². The van der Waals surface area contributed by atoms with Crippen molar-refractivity contribution in [1.82, 2.24) is 9.97 Å². The van der Waals surface area contributed by atoms with Gasteiger partial charge in [0, 0.05) is 6.07 Å². The fraction of sp³-hybridized carbons (Fsp3) is 0.0909. The molecule has 0 bridgehead atoms. The molecule has 0 spiro atoms. The third kappa shape index (κ3) is 2.44. The van der Waals surface area contributed by atoms with Gasteiger partial charge in [-0.2, -0.15) is 0 Å². The Bertz CT molecular complexity index is 673. The number of aromatic nitrogens is 2. The van der Waals surface area contributed by atoms with Gasteiger partial charge in [-0.15, -0.1) is 0 Å². The topological polar surface area (TPSA) is 69.2 Å². The van der Waals surface area contributed by atoms with Crippen LogP contribution in [0.15, 0.2) is 46.6 Å². The maximum absolute atomic E-state index is 12.2. The van der Waals surface area contributed by atoms with Gasteiger partial charge in [0.25, 0.3) is 0 Å². The van der Waals surface area contributed by atoms with Gasteiger partial charge in [0.15, 0.2) is 5.03 Å². The van der Waals surface area contributed by atoms with E-state index >= 15 is 0 Å². The molecule has 18 heavy (non-hydrogen) atoms. The minimum absolute atomic E-state index is 0.0754. The van der Waals surface area contributed by atoms with Crippen LogP contribution >= 0.6 is 11.6 Å². The molecule has 0 fully saturated rings. The summed E-state index contributed by atoms with van der Waals surface area (Å²) in [7, 11) is -2.24. The van der Waals surface area contributed by atoms with Crippen LogP contribution in [0.1, 0.15) is 0 Å². The normalized spacial score (nSPS) is 11.2. The lowest BCUT2D eigenvalue weighted by molar-refractivity contribution is 0.413. The van der Waals surface area contributed by atoms with Crippen LogP contribution in [0.2, 0.25) is 5.15 Å². The van der Waals surface area contributed by atoms with Crippen molar-refractivity contribution < 1.29 is 13.2 Å². The highest BCUT2D eigenvalue weighted by atomic mass is 35.5. The van der Waals surface area contributed by atoms with Crippen molar-refractivity contribution in [1.29, 1.82) is 0 Å². The minimum Gasteiger partial charge on any atom is -0.497 e. The Hall–Kier alpha value is -1.66. The Kier molecular flexibility index (Phi) is 3.49. The molecule has 1 aromatic carbocycles. The third-order valence-corrected chi connectivity index (χ3v) is 4.09. The molecule has 5 nitrogen and oxygen atoms in total. The van der Waals surface area contributed by atoms with Crippen molar-refractivity contribution in [2.75, 3.05) is 7.11 Å². The number of methoxy groups -OCH3 is 1. The highest BCUT2D eigenvalue weighted by Gasteiger charge is 2.20. The summed E-state index contributed by atoms with van der Waals surface area (Å²) in [5, 5.41) is -0.0674. The van der Waals surface area contributed by atoms with Crippen LogP contribution in [-0.4, -0.2) is 25.5 Å². The summed E-state index contributed by atoms with van der Waals surface area (Å²) < 4.78 is 29.5. The van der Waals surface area contributed by atoms with E-state index in [1.54, 1.807) is 12.1 Å². The molecule has 0 radical (unpaired) electrons. The van der Waals surface area contributed by atoms with E-state index in [1.807, 2.05) is 0 Å². The van der Waals surface area contributed by atoms with Gasteiger partial charge < -0.3 is 4.74 Å². The SMILES string of the molecule is COc1cccc(S(=O)(=O)c2cc(Cl)ncn2)c1. The molecule has 0 N–H and O–H groups in total. The van der Waals surface area contributed by atoms with Crippen molar-refractivity contribution in [3.63, 3.8) is 0 Å². The zero-order chi connectivity index (χ0) is 13.2. The van der Waals surface area contributed by atoms with Gasteiger partial charge in [0.2, 0.25) is 9.84 Å². The summed E-state index contributed by atoms with van der Waals surface area (Å²) in [5.41, 5.74) is 0. The molecule has 1 aromatic heterocycles. The van der Waals surface area contributed by atoms with Gasteiger partial charge >= 0.3 is 0 Å². The Morgan fingerprint density at radius 3 is 2.67 bits per heavy atom. The van der Waals surface area contributed by atoms with Crippen LogP contribution in [0.5, 0.6) is 5.75 Å². The molecule has 2 rings (SSSR count). The van der Waals surface area contributed by atoms with Gasteiger partial charge in [0.05, 0.1) is 12.0 Å². The van der Waals surface area contributed by atoms with Gasteiger partial charge in [-0.05, 0) is 18.2 Å². The molecular weight excluding hydrogens is 276 g/mol. The first-order valence-corrected chi connectivity index (χ1v) is 6.77. The fourth-order valence-electron chi connectivity index (χ4n) is 1.35. The second-order valence-electron chi connectivity index (χ2n) is 3.36. The first-order valence-electron chi connectivity index (χ1n) is 4.91. The standard InChI is InChI=1S/C11H9ClN2O3S/c1-17-8-3-2-4-9(5-8)18(15,16)11-6-10(12)13-7-14-11/h2-7H,1H3. The van der Waals surface area contributed by atoms with E-state index in [1.165, 1.54) is 25.3 Å². The van der Waals surface area contributed by atoms with Gasteiger partial charge in [-0.25, -0.2) is 18.4 Å². The molecule has 7 heteroatoms. The van der Waals surface area contributed by atoms with E-state index in [4.69, 9.17) is 16.3 Å². The van der Waals surface area contributed by atoms with E-state index in [0.29, 0.717) is 5.75 Å². The minimum atomic E-state index is -3.71. The molecule has 0 saturated heterocycles. The number of rotatable bonds is 3. The van der Waals surface area contributed by atoms with E-state index in [2.05, 4.69) is 9.97 Å². The summed E-state index contributed by atoms with van der Waals surface area (Å²) in [6.45, 7) is 0. The van der Waals surface area contributed by atoms with Crippen molar-refractivity contribution >= 4 is 21.4 Å². The molecule has 0 amide bonds. The molecule has 0 aliphatic rings. The van der Waals surface area contributed by atoms with Crippen molar-refractivity contribution in [2.45, 2.75) is 9.92 Å². The predicted octanol–water partition coefficient (Wildman–Crippen LogP) is 1.97. The maximum atomic E-state index is 12.2. The van der Waals surface area contributed by atoms with E-state index in [-0.39, 0.29) is 15.1 Å². The lowest BCUT2D eigenvalue weighted by atomic mass is 10.3. The van der Waals surface area contributed by atoms with Crippen LogP contribution < -0.4 is 4.74 Å². The summed E-state index contributed by atoms with van der Waals surface area (Å²) >= 11 is 5.66. The largest absolute Gasteiger partial charge is 0.497 e. The average Bonchev–Trinajstić information content (AvgIpc) is 2.39. The van der Waals surface area contributed by atoms with Crippen molar-refractivity contribution in [2.24, 2.45) is 0 Å². The van der Waals surface area contributed by atoms with Crippen LogP contribution in [0, 0.1) is 0 Å². The number of ether oxygens (including phenoxy) is 1. The van der Waals surface area contributed by atoms with Crippen LogP contribution in [-0.2, 0) is 9.84 Å². The van der Waals surface area contributed by atoms with Gasteiger partial charge in [0.1, 0.15) is 17.2 Å². The van der Waals surface area contributed by atoms with Crippen molar-refractivity contribution in [3.05, 3.63) is 41.8 Å². The van der Waals surface area contributed by atoms with Gasteiger partial charge in [-0.3, -0.25) is 0 Å². The molecular formula is C11H9ClN2O3S. The molecule has 0 atom stereocenters. The molecule has 0 aliphatic heterocycles. The number of hydrogen-bond donors (Lipinski definition) is 0. The molecule has 0 saturated carbocycles. The monoisotopic (exact) mass is 284 g/mol. The maximum Gasteiger partial charge on any atom is 0.224 e. The van der Waals surface area contributed by atoms with Gasteiger partial charge in [-0.1, -0.05) is 17.7 Å². The van der Waals surface area contributed by atoms with Crippen molar-refractivity contribution in [3.8, 4) is 5.75 Å². The average molecular weight is 285 g/mol. The molecule has 2 aromatic rings. The molecule has 94 valence electrons. The molecule has 1 heterocycles. The molecule has 0 unspecified atom stereocenters. The lowest BCUT2D eigenvalue weighted by Crippen LogP contribution is -2.05. The third-order valence-electron chi connectivity index (χ3n) is 2.24. The Labute approximate surface area is 109 Å². The first-order chi connectivity index (χ1) is 8.54. The number of hydrogen-bond acceptors (Lipinski definition) is 5. The Morgan fingerprint density at radius 2 is 2.00 bits per heavy atom. The van der Waals surface area contributed by atoms with E-state index in [0.717, 1.165) is 6.33 Å². The summed E-state index contributed by atoms with van der Waals surface area (Å²) in [6, 6.07) is 7.34. The Morgan fingerprint density at radius 1 is 1.22 bits per heavy atom. The summed E-state index contributed by atoms with van der Waals surface area (Å²) in [5.74, 6) is 0.455. The Balaban J connectivity index is 2.54. The predicted molar refractivity (Wildman–Crippen MR) is 65.5 cm³/mol. The first kappa shape index (κ1) is 12.8. The van der Waals surface area contributed by atoms with Crippen LogP contribution in [0.25, 0.3) is 0 Å².